The molecule has 4 N–H and O–H groups in total. The molecule has 0 radical (unpaired) electrons. The van der Waals surface area contributed by atoms with Crippen LogP contribution in [-0.2, 0) is 0 Å². The van der Waals surface area contributed by atoms with Crippen molar-refractivity contribution in [3.8, 4) is 0 Å². The van der Waals surface area contributed by atoms with E-state index in [0.29, 0.717) is 6.42 Å². The number of hydrogen-bond acceptors (Lipinski definition) is 3. The van der Waals surface area contributed by atoms with Gasteiger partial charge in [0.1, 0.15) is 0 Å². The van der Waals surface area contributed by atoms with E-state index < -0.39 is 5.60 Å². The Kier molecular flexibility index (Phi) is 3.89. The lowest BCUT2D eigenvalue weighted by Gasteiger charge is -2.36. The molecule has 1 aliphatic rings. The van der Waals surface area contributed by atoms with Crippen LogP contribution in [0.1, 0.15) is 32.6 Å². The number of amidine groups is 1. The lowest BCUT2D eigenvalue weighted by atomic mass is 9.95. The monoisotopic (exact) mass is 199 g/mol. The summed E-state index contributed by atoms with van der Waals surface area (Å²) < 4.78 is 0. The van der Waals surface area contributed by atoms with E-state index in [1.54, 1.807) is 0 Å². The summed E-state index contributed by atoms with van der Waals surface area (Å²) in [6.07, 6.45) is 3.55. The molecule has 1 saturated heterocycles. The minimum atomic E-state index is -0.519. The molecule has 14 heavy (non-hydrogen) atoms. The minimum Gasteiger partial charge on any atom is -0.389 e. The number of β-amino-alcohol motifs (C(OH)–C–C–N with tert-alkyl or cyclic N) is 1. The van der Waals surface area contributed by atoms with Gasteiger partial charge in [-0.15, -0.1) is 0 Å². The van der Waals surface area contributed by atoms with Gasteiger partial charge in [0.2, 0.25) is 0 Å². The quantitative estimate of drug-likeness (QED) is 0.457. The van der Waals surface area contributed by atoms with Gasteiger partial charge < -0.3 is 15.7 Å². The van der Waals surface area contributed by atoms with Crippen molar-refractivity contribution in [1.82, 2.24) is 4.90 Å². The van der Waals surface area contributed by atoms with Crippen molar-refractivity contribution in [3.63, 3.8) is 0 Å². The van der Waals surface area contributed by atoms with Crippen LogP contribution in [0.5, 0.6) is 0 Å². The van der Waals surface area contributed by atoms with Crippen LogP contribution >= 0.6 is 0 Å². The zero-order valence-corrected chi connectivity index (χ0v) is 8.92. The number of likely N-dealkylation sites (tertiary alicyclic amines) is 1. The standard InChI is InChI=1S/C10H21N3O/c1-10(14)5-3-7-13(8-10)6-2-4-9(11)12/h14H,2-8H2,1H3,(H3,11,12). The Hall–Kier alpha value is -0.610. The molecule has 0 aliphatic carbocycles. The summed E-state index contributed by atoms with van der Waals surface area (Å²) >= 11 is 0. The van der Waals surface area contributed by atoms with E-state index in [-0.39, 0.29) is 5.84 Å². The number of aliphatic hydroxyl groups is 1. The molecule has 0 spiro atoms. The molecule has 1 aliphatic heterocycles. The highest BCUT2D eigenvalue weighted by atomic mass is 16.3. The molecule has 0 amide bonds. The van der Waals surface area contributed by atoms with E-state index in [1.807, 2.05) is 6.92 Å². The average Bonchev–Trinajstić information content (AvgIpc) is 2.01. The summed E-state index contributed by atoms with van der Waals surface area (Å²) in [4.78, 5) is 2.26. The van der Waals surface area contributed by atoms with Crippen LogP contribution < -0.4 is 5.73 Å². The molecule has 1 atom stereocenters. The van der Waals surface area contributed by atoms with Crippen LogP contribution in [0.25, 0.3) is 0 Å². The van der Waals surface area contributed by atoms with Crippen LogP contribution in [-0.4, -0.2) is 41.1 Å². The lowest BCUT2D eigenvalue weighted by molar-refractivity contribution is -0.0155. The Labute approximate surface area is 85.6 Å². The Morgan fingerprint density at radius 1 is 1.64 bits per heavy atom. The largest absolute Gasteiger partial charge is 0.389 e. The predicted molar refractivity (Wildman–Crippen MR) is 57.4 cm³/mol. The van der Waals surface area contributed by atoms with Gasteiger partial charge in [0.15, 0.2) is 0 Å². The van der Waals surface area contributed by atoms with Gasteiger partial charge in [0.05, 0.1) is 11.4 Å². The minimum absolute atomic E-state index is 0.258. The number of hydrogen-bond donors (Lipinski definition) is 3. The molecule has 1 rings (SSSR count). The van der Waals surface area contributed by atoms with Gasteiger partial charge in [-0.3, -0.25) is 5.41 Å². The zero-order chi connectivity index (χ0) is 10.6. The predicted octanol–water partition coefficient (Wildman–Crippen LogP) is 0.549. The van der Waals surface area contributed by atoms with E-state index in [9.17, 15) is 5.11 Å². The number of nitrogens with zero attached hydrogens (tertiary/aromatic N) is 1. The molecule has 0 saturated carbocycles. The topological polar surface area (TPSA) is 73.3 Å². The molecule has 0 bridgehead atoms. The smallest absolute Gasteiger partial charge is 0.0905 e. The molecule has 1 heterocycles. The SMILES string of the molecule is CC1(O)CCCN(CCCC(=N)N)C1. The summed E-state index contributed by atoms with van der Waals surface area (Å²) in [5.41, 5.74) is 4.76. The van der Waals surface area contributed by atoms with Gasteiger partial charge in [-0.25, -0.2) is 0 Å². The van der Waals surface area contributed by atoms with Crippen LogP contribution in [0.2, 0.25) is 0 Å². The van der Waals surface area contributed by atoms with Gasteiger partial charge in [-0.2, -0.15) is 0 Å². The van der Waals surface area contributed by atoms with E-state index in [4.69, 9.17) is 11.1 Å². The highest BCUT2D eigenvalue weighted by Gasteiger charge is 2.27. The van der Waals surface area contributed by atoms with Gasteiger partial charge in [0, 0.05) is 13.0 Å². The third-order valence-electron chi connectivity index (χ3n) is 2.67. The first-order valence-corrected chi connectivity index (χ1v) is 5.27. The molecule has 0 aromatic rings. The van der Waals surface area contributed by atoms with Crippen molar-refractivity contribution in [3.05, 3.63) is 0 Å². The molecule has 1 unspecified atom stereocenters. The Bertz CT molecular complexity index is 204. The van der Waals surface area contributed by atoms with Crippen molar-refractivity contribution < 1.29 is 5.11 Å². The molecule has 4 nitrogen and oxygen atoms in total. The molecular weight excluding hydrogens is 178 g/mol. The molecule has 82 valence electrons. The summed E-state index contributed by atoms with van der Waals surface area (Å²) in [5.74, 6) is 0.258. The van der Waals surface area contributed by atoms with Crippen molar-refractivity contribution in [2.75, 3.05) is 19.6 Å². The third kappa shape index (κ3) is 4.07. The second-order valence-corrected chi connectivity index (χ2v) is 4.51. The van der Waals surface area contributed by atoms with Gasteiger partial charge >= 0.3 is 0 Å². The Morgan fingerprint density at radius 3 is 2.93 bits per heavy atom. The molecule has 0 aromatic heterocycles. The fraction of sp³-hybridized carbons (Fsp3) is 0.900. The second-order valence-electron chi connectivity index (χ2n) is 4.51. The molecular formula is C10H21N3O. The second kappa shape index (κ2) is 4.75. The van der Waals surface area contributed by atoms with Crippen LogP contribution in [0.3, 0.4) is 0 Å². The summed E-state index contributed by atoms with van der Waals surface area (Å²) in [6.45, 7) is 4.65. The normalized spacial score (nSPS) is 29.0. The fourth-order valence-corrected chi connectivity index (χ4v) is 2.01. The average molecular weight is 199 g/mol. The van der Waals surface area contributed by atoms with Gasteiger partial charge in [-0.1, -0.05) is 0 Å². The number of nitrogens with two attached hydrogens (primary N) is 1. The van der Waals surface area contributed by atoms with Crippen LogP contribution in [0.15, 0.2) is 0 Å². The van der Waals surface area contributed by atoms with Gasteiger partial charge in [-0.05, 0) is 39.3 Å². The van der Waals surface area contributed by atoms with E-state index in [2.05, 4.69) is 4.90 Å². The molecule has 1 fully saturated rings. The van der Waals surface area contributed by atoms with Crippen LogP contribution in [0.4, 0.5) is 0 Å². The number of piperidine rings is 1. The number of nitrogens with one attached hydrogen (secondary N) is 1. The Balaban J connectivity index is 2.21. The van der Waals surface area contributed by atoms with Crippen molar-refractivity contribution in [2.45, 2.75) is 38.2 Å². The van der Waals surface area contributed by atoms with Gasteiger partial charge in [0.25, 0.3) is 0 Å². The maximum absolute atomic E-state index is 9.84. The van der Waals surface area contributed by atoms with E-state index in [0.717, 1.165) is 38.9 Å². The lowest BCUT2D eigenvalue weighted by Crippen LogP contribution is -2.46. The van der Waals surface area contributed by atoms with Crippen LogP contribution in [0, 0.1) is 5.41 Å². The summed E-state index contributed by atoms with van der Waals surface area (Å²) in [6, 6.07) is 0. The highest BCUT2D eigenvalue weighted by Crippen LogP contribution is 2.20. The first-order valence-electron chi connectivity index (χ1n) is 5.27. The first-order chi connectivity index (χ1) is 6.49. The highest BCUT2D eigenvalue weighted by molar-refractivity contribution is 5.76. The Morgan fingerprint density at radius 2 is 2.36 bits per heavy atom. The maximum Gasteiger partial charge on any atom is 0.0905 e. The van der Waals surface area contributed by atoms with Crippen molar-refractivity contribution in [2.24, 2.45) is 5.73 Å². The zero-order valence-electron chi connectivity index (χ0n) is 8.92. The maximum atomic E-state index is 9.84. The molecule has 0 aromatic carbocycles. The number of rotatable bonds is 4. The first kappa shape index (κ1) is 11.5. The molecule has 4 heteroatoms. The third-order valence-corrected chi connectivity index (χ3v) is 2.67. The van der Waals surface area contributed by atoms with E-state index in [1.165, 1.54) is 0 Å². The summed E-state index contributed by atoms with van der Waals surface area (Å²) in [5, 5.41) is 16.9. The van der Waals surface area contributed by atoms with Crippen molar-refractivity contribution >= 4 is 5.84 Å². The van der Waals surface area contributed by atoms with E-state index >= 15 is 0 Å². The fourth-order valence-electron chi connectivity index (χ4n) is 2.01. The van der Waals surface area contributed by atoms with Crippen molar-refractivity contribution in [1.29, 1.82) is 5.41 Å². The summed E-state index contributed by atoms with van der Waals surface area (Å²) in [7, 11) is 0.